The average molecular weight is 355 g/mol. The quantitative estimate of drug-likeness (QED) is 0.679. The molecule has 12 heteroatoms. The molecule has 0 unspecified atom stereocenters. The third-order valence-corrected chi connectivity index (χ3v) is 4.15. The largest absolute Gasteiger partial charge is 0.478 e. The van der Waals surface area contributed by atoms with Gasteiger partial charge in [0, 0.05) is 7.05 Å². The Morgan fingerprint density at radius 2 is 1.96 bits per heavy atom. The molecule has 0 saturated heterocycles. The van der Waals surface area contributed by atoms with Gasteiger partial charge >= 0.3 is 18.0 Å². The molecule has 0 atom stereocenters. The van der Waals surface area contributed by atoms with E-state index in [9.17, 15) is 18.0 Å². The molecule has 2 aromatic rings. The van der Waals surface area contributed by atoms with E-state index in [1.165, 1.54) is 31.0 Å². The van der Waals surface area contributed by atoms with Crippen molar-refractivity contribution in [1.82, 2.24) is 19.5 Å². The van der Waals surface area contributed by atoms with Crippen molar-refractivity contribution in [1.29, 1.82) is 0 Å². The Kier molecular flexibility index (Phi) is 4.69. The van der Waals surface area contributed by atoms with Crippen LogP contribution in [0.5, 0.6) is 6.01 Å². The molecule has 0 aliphatic rings. The van der Waals surface area contributed by atoms with Gasteiger partial charge in [-0.05, 0) is 12.1 Å². The SMILES string of the molecule is COc1nc(NC(=O)NS(=O)(=O)c2ccccc2C(=O)O)nn1C. The van der Waals surface area contributed by atoms with Crippen molar-refractivity contribution in [2.45, 2.75) is 4.90 Å². The zero-order chi connectivity index (χ0) is 17.9. The van der Waals surface area contributed by atoms with E-state index < -0.39 is 32.5 Å². The van der Waals surface area contributed by atoms with Crippen LogP contribution in [0.4, 0.5) is 10.7 Å². The zero-order valence-corrected chi connectivity index (χ0v) is 13.4. The first-order chi connectivity index (χ1) is 11.2. The number of carboxylic acid groups (broad SMARTS) is 1. The van der Waals surface area contributed by atoms with Gasteiger partial charge in [-0.2, -0.15) is 4.98 Å². The number of ether oxygens (including phenoxy) is 1. The molecule has 1 heterocycles. The van der Waals surface area contributed by atoms with Crippen molar-refractivity contribution >= 4 is 28.0 Å². The number of aryl methyl sites for hydroxylation is 1. The lowest BCUT2D eigenvalue weighted by molar-refractivity contribution is 0.0692. The molecule has 0 aliphatic heterocycles. The van der Waals surface area contributed by atoms with Crippen molar-refractivity contribution in [2.24, 2.45) is 7.05 Å². The van der Waals surface area contributed by atoms with Gasteiger partial charge in [0.05, 0.1) is 12.7 Å². The molecule has 0 radical (unpaired) electrons. The summed E-state index contributed by atoms with van der Waals surface area (Å²) in [5, 5.41) is 14.9. The molecule has 2 amide bonds. The third-order valence-electron chi connectivity index (χ3n) is 2.77. The monoisotopic (exact) mass is 355 g/mol. The summed E-state index contributed by atoms with van der Waals surface area (Å²) >= 11 is 0. The van der Waals surface area contributed by atoms with E-state index in [0.29, 0.717) is 0 Å². The number of carbonyl (C=O) groups is 2. The zero-order valence-electron chi connectivity index (χ0n) is 12.5. The second-order valence-corrected chi connectivity index (χ2v) is 6.06. The number of benzene rings is 1. The normalized spacial score (nSPS) is 10.9. The van der Waals surface area contributed by atoms with Crippen LogP contribution in [0.3, 0.4) is 0 Å². The second kappa shape index (κ2) is 6.54. The minimum atomic E-state index is -4.40. The maximum Gasteiger partial charge on any atom is 0.337 e. The van der Waals surface area contributed by atoms with Crippen LogP contribution in [0.2, 0.25) is 0 Å². The van der Waals surface area contributed by atoms with Crippen molar-refractivity contribution in [3.05, 3.63) is 29.8 Å². The maximum atomic E-state index is 12.2. The summed E-state index contributed by atoms with van der Waals surface area (Å²) < 4.78 is 32.1. The second-order valence-electron chi connectivity index (χ2n) is 4.41. The number of nitrogens with one attached hydrogen (secondary N) is 2. The lowest BCUT2D eigenvalue weighted by Gasteiger charge is -2.08. The number of sulfonamides is 1. The van der Waals surface area contributed by atoms with Crippen molar-refractivity contribution in [3.63, 3.8) is 0 Å². The van der Waals surface area contributed by atoms with E-state index in [4.69, 9.17) is 9.84 Å². The Bertz CT molecular complexity index is 891. The molecule has 0 fully saturated rings. The van der Waals surface area contributed by atoms with Crippen molar-refractivity contribution in [3.8, 4) is 6.01 Å². The fourth-order valence-electron chi connectivity index (χ4n) is 1.78. The van der Waals surface area contributed by atoms with Gasteiger partial charge in [0.25, 0.3) is 16.0 Å². The lowest BCUT2D eigenvalue weighted by Crippen LogP contribution is -2.35. The minimum absolute atomic E-state index is 0.101. The topological polar surface area (TPSA) is 153 Å². The Labute approximate surface area is 136 Å². The standard InChI is InChI=1S/C12H13N5O6S/c1-17-12(23-2)14-10(15-17)13-11(20)16-24(21,22)8-6-4-3-5-7(8)9(18)19/h3-6H,1-2H3,(H,18,19)(H2,13,15,16,20). The third kappa shape index (κ3) is 3.60. The number of anilines is 1. The summed E-state index contributed by atoms with van der Waals surface area (Å²) in [5.74, 6) is -1.62. The molecule has 1 aromatic heterocycles. The Morgan fingerprint density at radius 1 is 1.29 bits per heavy atom. The Balaban J connectivity index is 2.20. The fourth-order valence-corrected chi connectivity index (χ4v) is 2.89. The minimum Gasteiger partial charge on any atom is -0.478 e. The predicted molar refractivity (Wildman–Crippen MR) is 80.3 cm³/mol. The number of urea groups is 1. The molecule has 0 saturated carbocycles. The van der Waals surface area contributed by atoms with Gasteiger partial charge in [0.15, 0.2) is 0 Å². The van der Waals surface area contributed by atoms with Crippen LogP contribution in [-0.4, -0.2) is 47.4 Å². The highest BCUT2D eigenvalue weighted by molar-refractivity contribution is 7.90. The van der Waals surface area contributed by atoms with E-state index in [1.807, 2.05) is 0 Å². The number of hydrogen-bond donors (Lipinski definition) is 3. The van der Waals surface area contributed by atoms with Crippen LogP contribution in [0.15, 0.2) is 29.2 Å². The molecular weight excluding hydrogens is 342 g/mol. The van der Waals surface area contributed by atoms with Crippen LogP contribution in [0, 0.1) is 0 Å². The van der Waals surface area contributed by atoms with E-state index in [0.717, 1.165) is 12.1 Å². The Morgan fingerprint density at radius 3 is 2.54 bits per heavy atom. The summed E-state index contributed by atoms with van der Waals surface area (Å²) in [4.78, 5) is 26.1. The summed E-state index contributed by atoms with van der Waals surface area (Å²) in [6.07, 6.45) is 0. The van der Waals surface area contributed by atoms with Crippen LogP contribution < -0.4 is 14.8 Å². The average Bonchev–Trinajstić information content (AvgIpc) is 2.86. The number of aromatic nitrogens is 3. The molecule has 0 aliphatic carbocycles. The molecule has 24 heavy (non-hydrogen) atoms. The molecule has 2 rings (SSSR count). The Hall–Kier alpha value is -3.15. The van der Waals surface area contributed by atoms with Gasteiger partial charge in [-0.1, -0.05) is 12.1 Å². The van der Waals surface area contributed by atoms with E-state index in [2.05, 4.69) is 15.4 Å². The molecular formula is C12H13N5O6S. The molecule has 1 aromatic carbocycles. The number of carboxylic acids is 1. The molecule has 11 nitrogen and oxygen atoms in total. The molecule has 3 N–H and O–H groups in total. The van der Waals surface area contributed by atoms with E-state index >= 15 is 0 Å². The summed E-state index contributed by atoms with van der Waals surface area (Å²) in [6, 6.07) is 3.84. The molecule has 0 bridgehead atoms. The van der Waals surface area contributed by atoms with Crippen molar-refractivity contribution < 1.29 is 27.9 Å². The summed E-state index contributed by atoms with van der Waals surface area (Å²) in [7, 11) is -1.54. The summed E-state index contributed by atoms with van der Waals surface area (Å²) in [5.41, 5.74) is -0.463. The van der Waals surface area contributed by atoms with Gasteiger partial charge in [-0.25, -0.2) is 27.4 Å². The van der Waals surface area contributed by atoms with Crippen molar-refractivity contribution in [2.75, 3.05) is 12.4 Å². The van der Waals surface area contributed by atoms with Crippen LogP contribution in [0.1, 0.15) is 10.4 Å². The number of nitrogens with zero attached hydrogens (tertiary/aromatic N) is 3. The highest BCUT2D eigenvalue weighted by Crippen LogP contribution is 2.15. The van der Waals surface area contributed by atoms with E-state index in [-0.39, 0.29) is 12.0 Å². The van der Waals surface area contributed by atoms with Crippen LogP contribution >= 0.6 is 0 Å². The number of rotatable bonds is 5. The first-order valence-electron chi connectivity index (χ1n) is 6.35. The lowest BCUT2D eigenvalue weighted by atomic mass is 10.2. The van der Waals surface area contributed by atoms with Gasteiger partial charge in [-0.3, -0.25) is 5.32 Å². The van der Waals surface area contributed by atoms with Gasteiger partial charge in [0.2, 0.25) is 0 Å². The number of aromatic carboxylic acids is 1. The molecule has 0 spiro atoms. The van der Waals surface area contributed by atoms with Crippen LogP contribution in [-0.2, 0) is 17.1 Å². The van der Waals surface area contributed by atoms with E-state index in [1.54, 1.807) is 4.72 Å². The number of carbonyl (C=O) groups excluding carboxylic acids is 1. The van der Waals surface area contributed by atoms with Gasteiger partial charge < -0.3 is 9.84 Å². The first-order valence-corrected chi connectivity index (χ1v) is 7.84. The first kappa shape index (κ1) is 17.2. The summed E-state index contributed by atoms with van der Waals surface area (Å²) in [6.45, 7) is 0. The fraction of sp³-hybridized carbons (Fsp3) is 0.167. The number of amides is 2. The van der Waals surface area contributed by atoms with Gasteiger partial charge in [0.1, 0.15) is 4.90 Å². The predicted octanol–water partition coefficient (Wildman–Crippen LogP) is 0.0323. The van der Waals surface area contributed by atoms with Crippen LogP contribution in [0.25, 0.3) is 0 Å². The van der Waals surface area contributed by atoms with Gasteiger partial charge in [-0.15, -0.1) is 5.10 Å². The number of hydrogen-bond acceptors (Lipinski definition) is 7. The molecule has 128 valence electrons. The highest BCUT2D eigenvalue weighted by atomic mass is 32.2. The number of methoxy groups -OCH3 is 1. The maximum absolute atomic E-state index is 12.2. The smallest absolute Gasteiger partial charge is 0.337 e. The highest BCUT2D eigenvalue weighted by Gasteiger charge is 2.24.